The maximum Gasteiger partial charge on any atom is 0.494 e. The predicted molar refractivity (Wildman–Crippen MR) is 439 cm³/mol. The van der Waals surface area contributed by atoms with Crippen LogP contribution in [-0.2, 0) is 18.2 Å². The van der Waals surface area contributed by atoms with E-state index in [-0.39, 0.29) is 48.2 Å². The van der Waals surface area contributed by atoms with E-state index in [1.165, 1.54) is 17.1 Å². The average Bonchev–Trinajstić information content (AvgIpc) is 1.64. The molecular formula is C84H115BClF3N6O8Si2. The molecule has 1 saturated heterocycles. The number of nitrogens with zero attached hydrogens (tertiary/aromatic N) is 6. The number of aliphatic hydroxyl groups is 1. The van der Waals surface area contributed by atoms with Crippen LogP contribution < -0.4 is 34.4 Å². The minimum absolute atomic E-state index is 0.0262. The lowest BCUT2D eigenvalue weighted by atomic mass is 9.79. The summed E-state index contributed by atoms with van der Waals surface area (Å²) in [4.78, 5) is 20.8. The van der Waals surface area contributed by atoms with Gasteiger partial charge in [0, 0.05) is 83.6 Å². The summed E-state index contributed by atoms with van der Waals surface area (Å²) in [5, 5.41) is 12.6. The monoisotopic (exact) mass is 1490 g/mol. The van der Waals surface area contributed by atoms with Gasteiger partial charge in [0.2, 0.25) is 0 Å². The molecule has 10 rings (SSSR count). The summed E-state index contributed by atoms with van der Waals surface area (Å²) in [5.74, 6) is 1.96. The highest BCUT2D eigenvalue weighted by atomic mass is 35.5. The van der Waals surface area contributed by atoms with Gasteiger partial charge >= 0.3 is 7.12 Å². The third-order valence-electron chi connectivity index (χ3n) is 20.4. The second kappa shape index (κ2) is 38.0. The molecule has 14 nitrogen and oxygen atoms in total. The molecule has 3 unspecified atom stereocenters. The molecule has 21 heteroatoms. The maximum atomic E-state index is 13.7. The third-order valence-corrected chi connectivity index (χ3v) is 29.7. The van der Waals surface area contributed by atoms with Crippen molar-refractivity contribution in [3.8, 4) is 39.8 Å². The third kappa shape index (κ3) is 23.4. The largest absolute Gasteiger partial charge is 0.494 e. The molecular weight excluding hydrogens is 1380 g/mol. The normalized spacial score (nSPS) is 14.4. The smallest absolute Gasteiger partial charge is 0.491 e. The molecule has 0 radical (unpaired) electrons. The first kappa shape index (κ1) is 85.0. The molecule has 1 aliphatic heterocycles. The SMILES string of the molecule is CC(C)(C)[Si](C)(C)OC(CF)COc1ccc2nc(Cl)ccc2c1.CCN(CC)c1ccc(-c2ccc3cc(OCC(CF)O[Si](C)(C)C(C)(C)C)ccc3n2)cc1.CCN(CC)c1ccc(-c2ccc3cc(OCC(O)CF)ccc3n2)cc1.CCN(CC)c1ccc(B2OC(C)(C)C(C)(C)O2)cc1. The van der Waals surface area contributed by atoms with Crippen LogP contribution in [0.2, 0.25) is 41.4 Å². The number of pyridine rings is 3. The van der Waals surface area contributed by atoms with Crippen LogP contribution >= 0.6 is 11.6 Å². The molecule has 3 aromatic heterocycles. The fourth-order valence-electron chi connectivity index (χ4n) is 11.2. The van der Waals surface area contributed by atoms with Gasteiger partial charge in [0.1, 0.15) is 80.6 Å². The fourth-order valence-corrected chi connectivity index (χ4v) is 14.0. The Balaban J connectivity index is 0.000000199. The molecule has 1 fully saturated rings. The molecule has 105 heavy (non-hydrogen) atoms. The van der Waals surface area contributed by atoms with Crippen LogP contribution in [0.25, 0.3) is 55.2 Å². The number of aliphatic hydroxyl groups excluding tert-OH is 1. The molecule has 9 aromatic rings. The first-order valence-electron chi connectivity index (χ1n) is 37.0. The van der Waals surface area contributed by atoms with Gasteiger partial charge in [-0.3, -0.25) is 0 Å². The number of hydrogen-bond acceptors (Lipinski definition) is 14. The van der Waals surface area contributed by atoms with Gasteiger partial charge in [-0.05, 0) is 226 Å². The first-order chi connectivity index (χ1) is 49.6. The van der Waals surface area contributed by atoms with Crippen LogP contribution in [0.15, 0.2) is 164 Å². The molecule has 0 amide bonds. The zero-order valence-corrected chi connectivity index (χ0v) is 68.6. The summed E-state index contributed by atoms with van der Waals surface area (Å²) in [7, 11) is -4.35. The zero-order valence-electron chi connectivity index (χ0n) is 65.9. The van der Waals surface area contributed by atoms with Gasteiger partial charge in [-0.2, -0.15) is 0 Å². The Kier molecular flexibility index (Phi) is 30.8. The molecule has 568 valence electrons. The number of ether oxygens (including phenoxy) is 3. The van der Waals surface area contributed by atoms with Gasteiger partial charge in [-0.1, -0.05) is 102 Å². The van der Waals surface area contributed by atoms with Crippen molar-refractivity contribution in [1.29, 1.82) is 0 Å². The van der Waals surface area contributed by atoms with Gasteiger partial charge in [-0.15, -0.1) is 0 Å². The van der Waals surface area contributed by atoms with Gasteiger partial charge in [0.05, 0.1) is 39.1 Å². The molecule has 3 atom stereocenters. The standard InChI is InChI=1S/C28H39FN2O2Si.C22H25FN2O2.C18H25ClFNO2Si.C16H26BNO2/c1-8-31(9-2)23-13-10-21(11-14-23)26-16-12-22-18-24(15-17-27(22)30-26)32-20-25(19-29)33-34(6,7)28(3,4)5;1-3-25(4-2)18-8-5-16(6-9-18)21-11-7-17-13-20(10-12-22(17)24-21)27-15-19(26)14-23;1-18(2,3)24(4,5)23-15(11-20)12-22-14-7-8-16-13(10-14)6-9-17(19)21-16;1-7-18(8-2)14-11-9-13(10-12-14)17-19-15(3,4)16(5,6)20-17/h10-18,25H,8-9,19-20H2,1-7H3;5-13,19,26H,3-4,14-15H2,1-2H3;6-10,15H,11-12H2,1-5H3;9-12H,7-8H2,1-6H3. The number of alkyl halides is 3. The Morgan fingerprint density at radius 3 is 1.10 bits per heavy atom. The number of benzene rings is 6. The Morgan fingerprint density at radius 1 is 0.448 bits per heavy atom. The Labute approximate surface area is 631 Å². The van der Waals surface area contributed by atoms with Gasteiger partial charge in [-0.25, -0.2) is 28.1 Å². The second-order valence-electron chi connectivity index (χ2n) is 30.4. The van der Waals surface area contributed by atoms with Gasteiger partial charge in [0.25, 0.3) is 0 Å². The van der Waals surface area contributed by atoms with E-state index in [1.54, 1.807) is 12.1 Å². The van der Waals surface area contributed by atoms with Crippen molar-refractivity contribution in [2.75, 3.05) is 93.8 Å². The number of halogens is 4. The van der Waals surface area contributed by atoms with E-state index in [2.05, 4.69) is 236 Å². The van der Waals surface area contributed by atoms with Crippen LogP contribution in [0.1, 0.15) is 111 Å². The fraction of sp³-hybridized carbons (Fsp3) is 0.464. The summed E-state index contributed by atoms with van der Waals surface area (Å²) in [6.07, 6.45) is -2.21. The van der Waals surface area contributed by atoms with Crippen molar-refractivity contribution < 1.29 is 50.6 Å². The second-order valence-corrected chi connectivity index (χ2v) is 40.3. The molecule has 1 N–H and O–H groups in total. The summed E-state index contributed by atoms with van der Waals surface area (Å²) in [6, 6.07) is 54.0. The zero-order chi connectivity index (χ0) is 77.1. The van der Waals surface area contributed by atoms with E-state index >= 15 is 0 Å². The highest BCUT2D eigenvalue weighted by Crippen LogP contribution is 2.40. The Hall–Kier alpha value is -7.27. The van der Waals surface area contributed by atoms with E-state index in [9.17, 15) is 18.3 Å². The summed E-state index contributed by atoms with van der Waals surface area (Å²) in [5.41, 5.74) is 10.8. The lowest BCUT2D eigenvalue weighted by Gasteiger charge is -2.38. The van der Waals surface area contributed by atoms with Crippen molar-refractivity contribution in [1.82, 2.24) is 15.0 Å². The summed E-state index contributed by atoms with van der Waals surface area (Å²) >= 11 is 5.88. The van der Waals surface area contributed by atoms with E-state index in [0.29, 0.717) is 22.4 Å². The summed E-state index contributed by atoms with van der Waals surface area (Å²) in [6.45, 7) is 47.0. The van der Waals surface area contributed by atoms with E-state index in [1.807, 2.05) is 72.8 Å². The van der Waals surface area contributed by atoms with Gasteiger partial charge < -0.3 is 52.2 Å². The molecule has 0 bridgehead atoms. The van der Waals surface area contributed by atoms with Gasteiger partial charge in [0.15, 0.2) is 16.6 Å². The van der Waals surface area contributed by atoms with Crippen LogP contribution in [0.3, 0.4) is 0 Å². The average molecular weight is 1500 g/mol. The maximum absolute atomic E-state index is 13.7. The van der Waals surface area contributed by atoms with Crippen molar-refractivity contribution in [3.63, 3.8) is 0 Å². The van der Waals surface area contributed by atoms with Crippen molar-refractivity contribution in [3.05, 3.63) is 169 Å². The van der Waals surface area contributed by atoms with Crippen molar-refractivity contribution in [2.24, 2.45) is 0 Å². The Morgan fingerprint density at radius 2 is 0.771 bits per heavy atom. The van der Waals surface area contributed by atoms with E-state index < -0.39 is 55.0 Å². The predicted octanol–water partition coefficient (Wildman–Crippen LogP) is 20.4. The quantitative estimate of drug-likeness (QED) is 0.0368. The minimum atomic E-state index is -2.06. The van der Waals surface area contributed by atoms with Crippen LogP contribution in [0.5, 0.6) is 17.2 Å². The highest BCUT2D eigenvalue weighted by Gasteiger charge is 2.52. The number of aromatic nitrogens is 3. The topological polar surface area (TPSA) is 133 Å². The summed E-state index contributed by atoms with van der Waals surface area (Å²) < 4.78 is 80.8. The van der Waals surface area contributed by atoms with Crippen molar-refractivity contribution >= 4 is 90.6 Å². The van der Waals surface area contributed by atoms with Crippen LogP contribution in [0.4, 0.5) is 30.2 Å². The lowest BCUT2D eigenvalue weighted by Crippen LogP contribution is -2.46. The molecule has 1 aliphatic rings. The number of anilines is 3. The number of hydrogen-bond donors (Lipinski definition) is 1. The number of rotatable bonds is 28. The van der Waals surface area contributed by atoms with Crippen molar-refractivity contribution in [2.45, 2.75) is 177 Å². The highest BCUT2D eigenvalue weighted by molar-refractivity contribution is 6.74. The molecule has 0 spiro atoms. The van der Waals surface area contributed by atoms with E-state index in [0.717, 1.165) is 100.0 Å². The lowest BCUT2D eigenvalue weighted by molar-refractivity contribution is 0.00578. The molecule has 0 saturated carbocycles. The van der Waals surface area contributed by atoms with Crippen LogP contribution in [-0.4, -0.2) is 152 Å². The minimum Gasteiger partial charge on any atom is -0.491 e. The molecule has 0 aliphatic carbocycles. The Bertz CT molecular complexity index is 4140. The number of fused-ring (bicyclic) bond motifs is 3. The first-order valence-corrected chi connectivity index (χ1v) is 43.2. The molecule has 4 heterocycles. The van der Waals surface area contributed by atoms with E-state index in [4.69, 9.17) is 53.9 Å². The van der Waals surface area contributed by atoms with Crippen LogP contribution in [0, 0.1) is 0 Å². The molecule has 6 aromatic carbocycles.